The Kier molecular flexibility index (Phi) is 4.97. The lowest BCUT2D eigenvalue weighted by molar-refractivity contribution is 0.204. The fraction of sp³-hybridized carbons (Fsp3) is 0.235. The minimum atomic E-state index is -0.464. The van der Waals surface area contributed by atoms with Gasteiger partial charge in [-0.3, -0.25) is 0 Å². The van der Waals surface area contributed by atoms with E-state index in [-0.39, 0.29) is 0 Å². The first-order valence-electron chi connectivity index (χ1n) is 6.98. The molecule has 3 nitrogen and oxygen atoms in total. The van der Waals surface area contributed by atoms with Crippen LogP contribution in [0.4, 0.5) is 0 Å². The smallest absolute Gasteiger partial charge is 0.123 e. The SMILES string of the molecule is COc1ccc([C@H](O)CSCc2cnc3sccc3c2)cc1. The summed E-state index contributed by atoms with van der Waals surface area (Å²) < 4.78 is 5.12. The van der Waals surface area contributed by atoms with Gasteiger partial charge >= 0.3 is 0 Å². The van der Waals surface area contributed by atoms with E-state index in [4.69, 9.17) is 4.74 Å². The predicted octanol–water partition coefficient (Wildman–Crippen LogP) is 4.27. The van der Waals surface area contributed by atoms with Gasteiger partial charge < -0.3 is 9.84 Å². The normalized spacial score (nSPS) is 12.5. The zero-order chi connectivity index (χ0) is 15.4. The number of hydrogen-bond acceptors (Lipinski definition) is 5. The molecule has 0 radical (unpaired) electrons. The number of thiophene rings is 1. The number of ether oxygens (including phenoxy) is 1. The summed E-state index contributed by atoms with van der Waals surface area (Å²) in [7, 11) is 1.64. The largest absolute Gasteiger partial charge is 0.497 e. The number of aliphatic hydroxyl groups excluding tert-OH is 1. The molecular formula is C17H17NO2S2. The van der Waals surface area contributed by atoms with Crippen LogP contribution in [-0.4, -0.2) is 23.0 Å². The molecule has 0 saturated carbocycles. The maximum absolute atomic E-state index is 10.2. The van der Waals surface area contributed by atoms with Gasteiger partial charge in [0.05, 0.1) is 13.2 Å². The van der Waals surface area contributed by atoms with E-state index in [1.54, 1.807) is 30.2 Å². The Hall–Kier alpha value is -1.56. The number of nitrogens with zero attached hydrogens (tertiary/aromatic N) is 1. The number of hydrogen-bond donors (Lipinski definition) is 1. The molecule has 5 heteroatoms. The van der Waals surface area contributed by atoms with Crippen molar-refractivity contribution in [2.75, 3.05) is 12.9 Å². The van der Waals surface area contributed by atoms with Crippen molar-refractivity contribution in [1.82, 2.24) is 4.98 Å². The molecule has 0 aliphatic carbocycles. The second-order valence-corrected chi connectivity index (χ2v) is 6.89. The molecule has 1 aromatic carbocycles. The van der Waals surface area contributed by atoms with Crippen molar-refractivity contribution in [2.45, 2.75) is 11.9 Å². The van der Waals surface area contributed by atoms with Gasteiger partial charge in [-0.1, -0.05) is 12.1 Å². The van der Waals surface area contributed by atoms with Gasteiger partial charge in [0.15, 0.2) is 0 Å². The average molecular weight is 331 g/mol. The van der Waals surface area contributed by atoms with Gasteiger partial charge in [0.2, 0.25) is 0 Å². The molecule has 1 atom stereocenters. The van der Waals surface area contributed by atoms with Crippen molar-refractivity contribution < 1.29 is 9.84 Å². The molecule has 3 rings (SSSR count). The van der Waals surface area contributed by atoms with Crippen LogP contribution < -0.4 is 4.74 Å². The highest BCUT2D eigenvalue weighted by Crippen LogP contribution is 2.25. The molecular weight excluding hydrogens is 314 g/mol. The van der Waals surface area contributed by atoms with E-state index in [0.717, 1.165) is 21.9 Å². The van der Waals surface area contributed by atoms with Crippen LogP contribution in [0.1, 0.15) is 17.2 Å². The first kappa shape index (κ1) is 15.3. The van der Waals surface area contributed by atoms with Crippen LogP contribution >= 0.6 is 23.1 Å². The monoisotopic (exact) mass is 331 g/mol. The van der Waals surface area contributed by atoms with E-state index in [2.05, 4.69) is 22.5 Å². The Balaban J connectivity index is 1.55. The molecule has 3 aromatic rings. The molecule has 2 heterocycles. The summed E-state index contributed by atoms with van der Waals surface area (Å²) in [6.45, 7) is 0. The first-order chi connectivity index (χ1) is 10.8. The Labute approximate surface area is 138 Å². The standard InChI is InChI=1S/C17H17NO2S2/c1-20-15-4-2-13(3-5-15)16(19)11-21-10-12-8-14-6-7-22-17(14)18-9-12/h2-9,16,19H,10-11H2,1H3/t16-/m1/s1. The van der Waals surface area contributed by atoms with Gasteiger partial charge in [0, 0.05) is 23.1 Å². The fourth-order valence-corrected chi connectivity index (χ4v) is 3.84. The van der Waals surface area contributed by atoms with Crippen molar-refractivity contribution in [3.8, 4) is 5.75 Å². The molecule has 2 aromatic heterocycles. The molecule has 0 saturated heterocycles. The van der Waals surface area contributed by atoms with Gasteiger partial charge in [0.1, 0.15) is 10.6 Å². The summed E-state index contributed by atoms with van der Waals surface area (Å²) in [5, 5.41) is 13.5. The molecule has 114 valence electrons. The van der Waals surface area contributed by atoms with Crippen LogP contribution in [0.25, 0.3) is 10.2 Å². The van der Waals surface area contributed by atoms with Crippen molar-refractivity contribution in [2.24, 2.45) is 0 Å². The molecule has 0 aliphatic rings. The summed E-state index contributed by atoms with van der Waals surface area (Å²) in [5.74, 6) is 2.32. The van der Waals surface area contributed by atoms with Crippen molar-refractivity contribution in [3.05, 3.63) is 59.1 Å². The second kappa shape index (κ2) is 7.13. The third kappa shape index (κ3) is 3.61. The highest BCUT2D eigenvalue weighted by Gasteiger charge is 2.08. The number of fused-ring (bicyclic) bond motifs is 1. The third-order valence-corrected chi connectivity index (χ3v) is 5.33. The summed E-state index contributed by atoms with van der Waals surface area (Å²) in [5.41, 5.74) is 2.11. The van der Waals surface area contributed by atoms with E-state index < -0.39 is 6.10 Å². The van der Waals surface area contributed by atoms with Gasteiger partial charge in [0.25, 0.3) is 0 Å². The average Bonchev–Trinajstić information content (AvgIpc) is 3.02. The third-order valence-electron chi connectivity index (χ3n) is 3.41. The van der Waals surface area contributed by atoms with Crippen LogP contribution in [0.15, 0.2) is 48.0 Å². The number of methoxy groups -OCH3 is 1. The van der Waals surface area contributed by atoms with Crippen molar-refractivity contribution >= 4 is 33.3 Å². The summed E-state index contributed by atoms with van der Waals surface area (Å²) in [6, 6.07) is 11.8. The van der Waals surface area contributed by atoms with Crippen molar-refractivity contribution in [1.29, 1.82) is 0 Å². The second-order valence-electron chi connectivity index (χ2n) is 4.96. The summed E-state index contributed by atoms with van der Waals surface area (Å²) in [4.78, 5) is 5.52. The Bertz CT molecular complexity index is 740. The quantitative estimate of drug-likeness (QED) is 0.732. The van der Waals surface area contributed by atoms with Gasteiger partial charge in [-0.2, -0.15) is 11.8 Å². The fourth-order valence-electron chi connectivity index (χ4n) is 2.19. The van der Waals surface area contributed by atoms with Crippen LogP contribution in [0.2, 0.25) is 0 Å². The van der Waals surface area contributed by atoms with Crippen molar-refractivity contribution in [3.63, 3.8) is 0 Å². The van der Waals surface area contributed by atoms with Crippen LogP contribution in [0.5, 0.6) is 5.75 Å². The zero-order valence-electron chi connectivity index (χ0n) is 12.2. The van der Waals surface area contributed by atoms with Crippen LogP contribution in [0.3, 0.4) is 0 Å². The molecule has 0 fully saturated rings. The molecule has 1 N–H and O–H groups in total. The van der Waals surface area contributed by atoms with Gasteiger partial charge in [-0.15, -0.1) is 11.3 Å². The zero-order valence-corrected chi connectivity index (χ0v) is 13.9. The highest BCUT2D eigenvalue weighted by molar-refractivity contribution is 7.98. The number of thioether (sulfide) groups is 1. The Morgan fingerprint density at radius 1 is 1.27 bits per heavy atom. The molecule has 0 spiro atoms. The number of aromatic nitrogens is 1. The first-order valence-corrected chi connectivity index (χ1v) is 9.01. The number of benzene rings is 1. The number of pyridine rings is 1. The molecule has 0 amide bonds. The molecule has 0 aliphatic heterocycles. The summed E-state index contributed by atoms with van der Waals surface area (Å²) in [6.07, 6.45) is 1.46. The number of rotatable bonds is 6. The molecule has 22 heavy (non-hydrogen) atoms. The minimum absolute atomic E-state index is 0.464. The number of aliphatic hydroxyl groups is 1. The van der Waals surface area contributed by atoms with E-state index in [1.807, 2.05) is 30.5 Å². The Morgan fingerprint density at radius 2 is 2.09 bits per heavy atom. The van der Waals surface area contributed by atoms with Gasteiger partial charge in [-0.25, -0.2) is 4.98 Å². The maximum atomic E-state index is 10.2. The van der Waals surface area contributed by atoms with E-state index in [9.17, 15) is 5.11 Å². The van der Waals surface area contributed by atoms with Gasteiger partial charge in [-0.05, 0) is 40.8 Å². The lowest BCUT2D eigenvalue weighted by Crippen LogP contribution is -2.01. The predicted molar refractivity (Wildman–Crippen MR) is 93.7 cm³/mol. The molecule has 0 bridgehead atoms. The summed E-state index contributed by atoms with van der Waals surface area (Å²) >= 11 is 3.37. The lowest BCUT2D eigenvalue weighted by atomic mass is 10.1. The van der Waals surface area contributed by atoms with E-state index >= 15 is 0 Å². The highest BCUT2D eigenvalue weighted by atomic mass is 32.2. The van der Waals surface area contributed by atoms with E-state index in [0.29, 0.717) is 5.75 Å². The minimum Gasteiger partial charge on any atom is -0.497 e. The van der Waals surface area contributed by atoms with E-state index in [1.165, 1.54) is 10.9 Å². The lowest BCUT2D eigenvalue weighted by Gasteiger charge is -2.11. The maximum Gasteiger partial charge on any atom is 0.123 e. The topological polar surface area (TPSA) is 42.4 Å². The molecule has 0 unspecified atom stereocenters. The van der Waals surface area contributed by atoms with Crippen LogP contribution in [-0.2, 0) is 5.75 Å². The Morgan fingerprint density at radius 3 is 2.86 bits per heavy atom. The van der Waals surface area contributed by atoms with Crippen LogP contribution in [0, 0.1) is 0 Å².